The summed E-state index contributed by atoms with van der Waals surface area (Å²) in [5.41, 5.74) is 8.59. The summed E-state index contributed by atoms with van der Waals surface area (Å²) in [7, 11) is -4.59. The summed E-state index contributed by atoms with van der Waals surface area (Å²) in [6.07, 6.45) is -1.40. The zero-order valence-electron chi connectivity index (χ0n) is 22.5. The number of amides is 3. The number of nitrogens with zero attached hydrogens (tertiary/aromatic N) is 1. The molecule has 3 amide bonds. The minimum absolute atomic E-state index is 0.00536. The summed E-state index contributed by atoms with van der Waals surface area (Å²) in [4.78, 5) is 38.9. The topological polar surface area (TPSA) is 195 Å². The van der Waals surface area contributed by atoms with E-state index in [1.54, 1.807) is 59.7 Å². The van der Waals surface area contributed by atoms with Crippen molar-refractivity contribution in [3.63, 3.8) is 0 Å². The van der Waals surface area contributed by atoms with E-state index in [-0.39, 0.29) is 36.5 Å². The number of nitrogens with two attached hydrogens (primary N) is 2. The second-order valence-electron chi connectivity index (χ2n) is 10.8. The van der Waals surface area contributed by atoms with Crippen molar-refractivity contribution in [2.75, 3.05) is 6.54 Å². The van der Waals surface area contributed by atoms with Gasteiger partial charge in [0.15, 0.2) is 0 Å². The van der Waals surface area contributed by atoms with E-state index in [0.717, 1.165) is 0 Å². The van der Waals surface area contributed by atoms with Gasteiger partial charge in [0.05, 0.1) is 5.70 Å². The number of hydrogen-bond donors (Lipinski definition) is 5. The third kappa shape index (κ3) is 9.32. The number of nitrogens with one attached hydrogen (secondary N) is 3. The van der Waals surface area contributed by atoms with Crippen LogP contribution in [0.1, 0.15) is 64.7 Å². The smallest absolute Gasteiger partial charge is 0.410 e. The molecule has 13 nitrogen and oxygen atoms in total. The maximum Gasteiger partial charge on any atom is 0.410 e. The molecular formula is C24H38N6O7S. The summed E-state index contributed by atoms with van der Waals surface area (Å²) < 4.78 is 39.5. The van der Waals surface area contributed by atoms with Gasteiger partial charge in [-0.15, -0.1) is 0 Å². The second-order valence-corrected chi connectivity index (χ2v) is 12.5. The summed E-state index contributed by atoms with van der Waals surface area (Å²) in [6.45, 7) is 10.0. The number of rotatable bonds is 6. The lowest BCUT2D eigenvalue weighted by atomic mass is 10.0. The molecule has 1 aromatic carbocycles. The Morgan fingerprint density at radius 3 is 2.05 bits per heavy atom. The van der Waals surface area contributed by atoms with Crippen molar-refractivity contribution in [2.45, 2.75) is 77.1 Å². The third-order valence-electron chi connectivity index (χ3n) is 5.05. The highest BCUT2D eigenvalue weighted by Gasteiger charge is 2.40. The predicted molar refractivity (Wildman–Crippen MR) is 140 cm³/mol. The Hall–Kier alpha value is -3.68. The van der Waals surface area contributed by atoms with Crippen LogP contribution in [-0.4, -0.2) is 60.7 Å². The highest BCUT2D eigenvalue weighted by molar-refractivity contribution is 7.90. The van der Waals surface area contributed by atoms with Gasteiger partial charge in [-0.3, -0.25) is 10.1 Å². The molecule has 14 heteroatoms. The Bertz CT molecular complexity index is 1150. The number of likely N-dealkylation sites (tertiary alicyclic amines) is 1. The monoisotopic (exact) mass is 554 g/mol. The number of carbonyl (C=O) groups is 3. The van der Waals surface area contributed by atoms with E-state index in [1.807, 2.05) is 4.72 Å². The zero-order valence-corrected chi connectivity index (χ0v) is 23.3. The first-order chi connectivity index (χ1) is 17.4. The molecule has 212 valence electrons. The molecule has 1 aliphatic rings. The Balaban J connectivity index is 2.35. The van der Waals surface area contributed by atoms with Crippen molar-refractivity contribution < 1.29 is 32.3 Å². The van der Waals surface area contributed by atoms with Gasteiger partial charge in [-0.2, -0.15) is 0 Å². The minimum atomic E-state index is -4.59. The second kappa shape index (κ2) is 11.8. The highest BCUT2D eigenvalue weighted by atomic mass is 32.2. The fourth-order valence-corrected chi connectivity index (χ4v) is 4.89. The number of ether oxygens (including phenoxy) is 2. The van der Waals surface area contributed by atoms with Gasteiger partial charge in [0.1, 0.15) is 17.0 Å². The van der Waals surface area contributed by atoms with E-state index in [1.165, 1.54) is 17.0 Å². The van der Waals surface area contributed by atoms with Crippen molar-refractivity contribution in [2.24, 2.45) is 11.5 Å². The number of carbonyl (C=O) groups excluding carboxylic acids is 3. The van der Waals surface area contributed by atoms with E-state index in [4.69, 9.17) is 20.9 Å². The molecule has 0 radical (unpaired) electrons. The van der Waals surface area contributed by atoms with Crippen LogP contribution in [0.15, 0.2) is 41.8 Å². The van der Waals surface area contributed by atoms with E-state index >= 15 is 0 Å². The molecule has 1 fully saturated rings. The maximum absolute atomic E-state index is 13.5. The van der Waals surface area contributed by atoms with Gasteiger partial charge in [-0.25, -0.2) is 22.7 Å². The van der Waals surface area contributed by atoms with Crippen LogP contribution in [0, 0.1) is 0 Å². The van der Waals surface area contributed by atoms with E-state index < -0.39 is 50.9 Å². The molecule has 1 aliphatic heterocycles. The molecule has 0 bridgehead atoms. The summed E-state index contributed by atoms with van der Waals surface area (Å²) in [5, 5.41) is 5.04. The van der Waals surface area contributed by atoms with Crippen LogP contribution in [0.4, 0.5) is 9.59 Å². The summed E-state index contributed by atoms with van der Waals surface area (Å²) >= 11 is 0. The van der Waals surface area contributed by atoms with Crippen LogP contribution < -0.4 is 26.8 Å². The van der Waals surface area contributed by atoms with Gasteiger partial charge in [0.25, 0.3) is 15.9 Å². The largest absolute Gasteiger partial charge is 0.444 e. The van der Waals surface area contributed by atoms with Gasteiger partial charge in [0, 0.05) is 24.6 Å². The standard InChI is InChI=1S/C24H38N6O7S/c1-23(2,3)36-21(32)27-16-12-13-30(17(14-16)18(25)26)20(28-22(33)37-24(4,5)6)38(34,35)29-19(31)15-10-8-7-9-11-15/h7-11,16,20H,12-14,25-26H2,1-6H3,(H,27,32)(H,28,33)(H,29,31). The lowest BCUT2D eigenvalue weighted by Gasteiger charge is -2.41. The Morgan fingerprint density at radius 1 is 0.974 bits per heavy atom. The number of sulfonamides is 1. The molecule has 0 spiro atoms. The molecule has 0 aliphatic carbocycles. The highest BCUT2D eigenvalue weighted by Crippen LogP contribution is 2.26. The van der Waals surface area contributed by atoms with Gasteiger partial charge in [0.2, 0.25) is 5.50 Å². The lowest BCUT2D eigenvalue weighted by molar-refractivity contribution is 0.0457. The molecule has 38 heavy (non-hydrogen) atoms. The van der Waals surface area contributed by atoms with Gasteiger partial charge >= 0.3 is 12.2 Å². The van der Waals surface area contributed by atoms with Gasteiger partial charge < -0.3 is 31.2 Å². The normalized spacial score (nSPS) is 17.2. The Morgan fingerprint density at radius 2 is 1.53 bits per heavy atom. The van der Waals surface area contributed by atoms with Crippen molar-refractivity contribution >= 4 is 28.1 Å². The van der Waals surface area contributed by atoms with Crippen molar-refractivity contribution in [3.8, 4) is 0 Å². The number of benzene rings is 1. The molecule has 2 rings (SSSR count). The number of alkyl carbamates (subject to hydrolysis) is 2. The fourth-order valence-electron chi connectivity index (χ4n) is 3.59. The molecule has 0 aromatic heterocycles. The molecule has 7 N–H and O–H groups in total. The number of piperidine rings is 1. The molecule has 0 saturated carbocycles. The first kappa shape index (κ1) is 30.5. The fraction of sp³-hybridized carbons (Fsp3) is 0.542. The molecular weight excluding hydrogens is 516 g/mol. The molecule has 1 saturated heterocycles. The first-order valence-corrected chi connectivity index (χ1v) is 13.5. The lowest BCUT2D eigenvalue weighted by Crippen LogP contribution is -2.60. The van der Waals surface area contributed by atoms with Crippen LogP contribution in [-0.2, 0) is 19.5 Å². The quantitative estimate of drug-likeness (QED) is 0.345. The first-order valence-electron chi connectivity index (χ1n) is 12.0. The van der Waals surface area contributed by atoms with Crippen LogP contribution in [0.25, 0.3) is 0 Å². The van der Waals surface area contributed by atoms with Crippen molar-refractivity contribution in [1.29, 1.82) is 0 Å². The van der Waals surface area contributed by atoms with Crippen LogP contribution in [0.3, 0.4) is 0 Å². The average molecular weight is 555 g/mol. The maximum atomic E-state index is 13.5. The van der Waals surface area contributed by atoms with E-state index in [2.05, 4.69) is 10.6 Å². The number of hydrogen-bond acceptors (Lipinski definition) is 10. The van der Waals surface area contributed by atoms with E-state index in [9.17, 15) is 22.8 Å². The van der Waals surface area contributed by atoms with E-state index in [0.29, 0.717) is 0 Å². The van der Waals surface area contributed by atoms with Crippen molar-refractivity contribution in [3.05, 3.63) is 47.4 Å². The van der Waals surface area contributed by atoms with Crippen molar-refractivity contribution in [1.82, 2.24) is 20.3 Å². The van der Waals surface area contributed by atoms with Crippen LogP contribution in [0.5, 0.6) is 0 Å². The minimum Gasteiger partial charge on any atom is -0.444 e. The van der Waals surface area contributed by atoms with Gasteiger partial charge in [-0.05, 0) is 60.1 Å². The predicted octanol–water partition coefficient (Wildman–Crippen LogP) is 1.63. The molecule has 2 atom stereocenters. The van der Waals surface area contributed by atoms with Crippen LogP contribution in [0.2, 0.25) is 0 Å². The molecule has 1 heterocycles. The Kier molecular flexibility index (Phi) is 9.48. The zero-order chi connectivity index (χ0) is 28.9. The SMILES string of the molecule is CC(C)(C)OC(=O)NC1CCN(C(NC(=O)OC(C)(C)C)S(=O)(=O)NC(=O)c2ccccc2)C(=C(N)N)C1. The van der Waals surface area contributed by atoms with Gasteiger partial charge in [-0.1, -0.05) is 18.2 Å². The average Bonchev–Trinajstić information content (AvgIpc) is 2.75. The summed E-state index contributed by atoms with van der Waals surface area (Å²) in [6, 6.07) is 7.24. The van der Waals surface area contributed by atoms with Crippen LogP contribution >= 0.6 is 0 Å². The molecule has 2 unspecified atom stereocenters. The Labute approximate surface area is 223 Å². The third-order valence-corrected chi connectivity index (χ3v) is 6.48. The molecule has 1 aromatic rings. The summed E-state index contributed by atoms with van der Waals surface area (Å²) in [5.74, 6) is -1.12.